The summed E-state index contributed by atoms with van der Waals surface area (Å²) in [4.78, 5) is 3.96. The van der Waals surface area contributed by atoms with Crippen LogP contribution < -0.4 is 10.1 Å². The Morgan fingerprint density at radius 3 is 2.81 bits per heavy atom. The first kappa shape index (κ1) is 14.3. The molecule has 1 fully saturated rings. The zero-order chi connectivity index (χ0) is 14.7. The third kappa shape index (κ3) is 3.34. The minimum Gasteiger partial charge on any atom is -0.467 e. The molecule has 2 heterocycles. The standard InChI is InChI=1S/C16H16ClFN2O/c17-13-8-14(18)16(20-10-13)21-15(12-6-7-19-9-12)11-4-2-1-3-5-11/h1-5,8,10,12,15,19H,6-7,9H2/t12-,15-/m1/s1. The molecule has 110 valence electrons. The number of halogens is 2. The van der Waals surface area contributed by atoms with Crippen molar-refractivity contribution >= 4 is 11.6 Å². The van der Waals surface area contributed by atoms with Crippen molar-refractivity contribution in [1.82, 2.24) is 10.3 Å². The molecule has 1 aromatic carbocycles. The second kappa shape index (κ2) is 6.41. The third-order valence-corrected chi connectivity index (χ3v) is 3.87. The van der Waals surface area contributed by atoms with Crippen molar-refractivity contribution in [3.63, 3.8) is 0 Å². The summed E-state index contributed by atoms with van der Waals surface area (Å²) in [6, 6.07) is 11.1. The summed E-state index contributed by atoms with van der Waals surface area (Å²) in [5, 5.41) is 3.58. The molecule has 1 aliphatic rings. The Bertz CT molecular complexity index is 602. The highest BCUT2D eigenvalue weighted by atomic mass is 35.5. The summed E-state index contributed by atoms with van der Waals surface area (Å²) in [5.41, 5.74) is 1.03. The fourth-order valence-corrected chi connectivity index (χ4v) is 2.77. The number of hydrogen-bond acceptors (Lipinski definition) is 3. The molecular weight excluding hydrogens is 291 g/mol. The molecule has 1 N–H and O–H groups in total. The molecule has 2 aromatic rings. The van der Waals surface area contributed by atoms with Gasteiger partial charge in [-0.3, -0.25) is 0 Å². The van der Waals surface area contributed by atoms with E-state index in [-0.39, 0.29) is 17.0 Å². The van der Waals surface area contributed by atoms with Crippen molar-refractivity contribution in [1.29, 1.82) is 0 Å². The Hall–Kier alpha value is -1.65. The summed E-state index contributed by atoms with van der Waals surface area (Å²) in [6.45, 7) is 1.81. The quantitative estimate of drug-likeness (QED) is 0.937. The SMILES string of the molecule is Fc1cc(Cl)cnc1O[C@H](c1ccccc1)[C@@H]1CCNC1. The summed E-state index contributed by atoms with van der Waals surface area (Å²) < 4.78 is 19.8. The Labute approximate surface area is 128 Å². The van der Waals surface area contributed by atoms with Gasteiger partial charge in [-0.15, -0.1) is 0 Å². The minimum atomic E-state index is -0.533. The number of rotatable bonds is 4. The van der Waals surface area contributed by atoms with Gasteiger partial charge in [-0.25, -0.2) is 9.37 Å². The summed E-state index contributed by atoms with van der Waals surface area (Å²) in [5.74, 6) is -0.237. The molecule has 0 amide bonds. The van der Waals surface area contributed by atoms with Gasteiger partial charge in [0.05, 0.1) is 5.02 Å². The molecule has 1 aromatic heterocycles. The number of pyridine rings is 1. The smallest absolute Gasteiger partial charge is 0.251 e. The van der Waals surface area contributed by atoms with E-state index < -0.39 is 5.82 Å². The fourth-order valence-electron chi connectivity index (χ4n) is 2.62. The van der Waals surface area contributed by atoms with Gasteiger partial charge in [-0.2, -0.15) is 0 Å². The van der Waals surface area contributed by atoms with Crippen molar-refractivity contribution < 1.29 is 9.13 Å². The molecule has 0 bridgehead atoms. The average Bonchev–Trinajstić information content (AvgIpc) is 3.01. The number of nitrogens with one attached hydrogen (secondary N) is 1. The molecule has 0 saturated carbocycles. The minimum absolute atomic E-state index is 0.000142. The lowest BCUT2D eigenvalue weighted by Gasteiger charge is -2.24. The predicted octanol–water partition coefficient (Wildman–Crippen LogP) is 3.60. The van der Waals surface area contributed by atoms with Crippen LogP contribution in [-0.4, -0.2) is 18.1 Å². The van der Waals surface area contributed by atoms with Crippen LogP contribution in [0.15, 0.2) is 42.6 Å². The number of ether oxygens (including phenoxy) is 1. The molecule has 0 aliphatic carbocycles. The predicted molar refractivity (Wildman–Crippen MR) is 80.0 cm³/mol. The van der Waals surface area contributed by atoms with E-state index in [1.165, 1.54) is 12.3 Å². The maximum absolute atomic E-state index is 13.9. The Morgan fingerprint density at radius 1 is 1.33 bits per heavy atom. The Morgan fingerprint density at radius 2 is 2.14 bits per heavy atom. The molecule has 3 nitrogen and oxygen atoms in total. The molecule has 0 spiro atoms. The molecule has 2 atom stereocenters. The van der Waals surface area contributed by atoms with Gasteiger partial charge in [0.25, 0.3) is 5.88 Å². The van der Waals surface area contributed by atoms with Crippen LogP contribution in [0.5, 0.6) is 5.88 Å². The molecule has 0 unspecified atom stereocenters. The van der Waals surface area contributed by atoms with Crippen LogP contribution in [0, 0.1) is 11.7 Å². The van der Waals surface area contributed by atoms with Crippen LogP contribution in [0.1, 0.15) is 18.1 Å². The Balaban J connectivity index is 1.88. The molecule has 3 rings (SSSR count). The summed E-state index contributed by atoms with van der Waals surface area (Å²) in [6.07, 6.45) is 2.17. The lowest BCUT2D eigenvalue weighted by molar-refractivity contribution is 0.131. The van der Waals surface area contributed by atoms with E-state index in [2.05, 4.69) is 10.3 Å². The zero-order valence-electron chi connectivity index (χ0n) is 11.4. The van der Waals surface area contributed by atoms with Gasteiger partial charge in [-0.05, 0) is 24.6 Å². The topological polar surface area (TPSA) is 34.1 Å². The number of hydrogen-bond donors (Lipinski definition) is 1. The van der Waals surface area contributed by atoms with E-state index in [4.69, 9.17) is 16.3 Å². The van der Waals surface area contributed by atoms with E-state index in [0.29, 0.717) is 5.92 Å². The first-order valence-corrected chi connectivity index (χ1v) is 7.35. The lowest BCUT2D eigenvalue weighted by Crippen LogP contribution is -2.22. The maximum atomic E-state index is 13.9. The lowest BCUT2D eigenvalue weighted by atomic mass is 9.95. The second-order valence-electron chi connectivity index (χ2n) is 5.14. The highest BCUT2D eigenvalue weighted by Gasteiger charge is 2.29. The molecule has 0 radical (unpaired) electrons. The van der Waals surface area contributed by atoms with E-state index in [0.717, 1.165) is 25.1 Å². The average molecular weight is 307 g/mol. The summed E-state index contributed by atoms with van der Waals surface area (Å²) in [7, 11) is 0. The first-order chi connectivity index (χ1) is 10.2. The van der Waals surface area contributed by atoms with Gasteiger partial charge in [0.1, 0.15) is 6.10 Å². The molecule has 1 aliphatic heterocycles. The Kier molecular flexibility index (Phi) is 4.36. The second-order valence-corrected chi connectivity index (χ2v) is 5.58. The van der Waals surface area contributed by atoms with Gasteiger partial charge >= 0.3 is 0 Å². The van der Waals surface area contributed by atoms with Crippen molar-refractivity contribution in [2.24, 2.45) is 5.92 Å². The van der Waals surface area contributed by atoms with Crippen molar-refractivity contribution in [2.75, 3.05) is 13.1 Å². The molecule has 21 heavy (non-hydrogen) atoms. The van der Waals surface area contributed by atoms with E-state index in [1.807, 2.05) is 30.3 Å². The van der Waals surface area contributed by atoms with E-state index >= 15 is 0 Å². The van der Waals surface area contributed by atoms with Crippen LogP contribution >= 0.6 is 11.6 Å². The zero-order valence-corrected chi connectivity index (χ0v) is 12.2. The molecule has 1 saturated heterocycles. The highest BCUT2D eigenvalue weighted by Crippen LogP contribution is 2.32. The van der Waals surface area contributed by atoms with Crippen LogP contribution in [0.4, 0.5) is 4.39 Å². The van der Waals surface area contributed by atoms with E-state index in [9.17, 15) is 4.39 Å². The monoisotopic (exact) mass is 306 g/mol. The number of nitrogens with zero attached hydrogens (tertiary/aromatic N) is 1. The molecular formula is C16H16ClFN2O. The van der Waals surface area contributed by atoms with Crippen molar-refractivity contribution in [2.45, 2.75) is 12.5 Å². The van der Waals surface area contributed by atoms with Gasteiger partial charge in [0.15, 0.2) is 5.82 Å². The van der Waals surface area contributed by atoms with Gasteiger partial charge in [0, 0.05) is 18.7 Å². The van der Waals surface area contributed by atoms with Gasteiger partial charge < -0.3 is 10.1 Å². The van der Waals surface area contributed by atoms with E-state index in [1.54, 1.807) is 0 Å². The third-order valence-electron chi connectivity index (χ3n) is 3.67. The van der Waals surface area contributed by atoms with Gasteiger partial charge in [-0.1, -0.05) is 41.9 Å². The van der Waals surface area contributed by atoms with Crippen LogP contribution in [0.25, 0.3) is 0 Å². The normalized spacial score (nSPS) is 19.4. The van der Waals surface area contributed by atoms with Gasteiger partial charge in [0.2, 0.25) is 0 Å². The maximum Gasteiger partial charge on any atom is 0.251 e. The highest BCUT2D eigenvalue weighted by molar-refractivity contribution is 6.30. The number of benzene rings is 1. The van der Waals surface area contributed by atoms with Crippen molar-refractivity contribution in [3.8, 4) is 5.88 Å². The summed E-state index contributed by atoms with van der Waals surface area (Å²) >= 11 is 5.73. The first-order valence-electron chi connectivity index (χ1n) is 6.97. The number of aromatic nitrogens is 1. The largest absolute Gasteiger partial charge is 0.467 e. The van der Waals surface area contributed by atoms with Crippen LogP contribution in [0.2, 0.25) is 5.02 Å². The van der Waals surface area contributed by atoms with Crippen molar-refractivity contribution in [3.05, 3.63) is 59.0 Å². The van der Waals surface area contributed by atoms with Crippen LogP contribution in [-0.2, 0) is 0 Å². The van der Waals surface area contributed by atoms with Crippen LogP contribution in [0.3, 0.4) is 0 Å². The molecule has 5 heteroatoms. The fraction of sp³-hybridized carbons (Fsp3) is 0.312.